The fourth-order valence-corrected chi connectivity index (χ4v) is 4.18. The van der Waals surface area contributed by atoms with Crippen LogP contribution in [0, 0.1) is 0 Å². The Morgan fingerprint density at radius 2 is 1.65 bits per heavy atom. The van der Waals surface area contributed by atoms with Gasteiger partial charge in [0.25, 0.3) is 0 Å². The molecule has 1 unspecified atom stereocenters. The molecule has 1 saturated heterocycles. The maximum absolute atomic E-state index is 9.46. The van der Waals surface area contributed by atoms with Gasteiger partial charge in [0.05, 0.1) is 0 Å². The molecule has 0 aromatic rings. The molecule has 2 rings (SSSR count). The van der Waals surface area contributed by atoms with Crippen LogP contribution in [-0.2, 0) is 4.74 Å². The molecule has 3 nitrogen and oxygen atoms in total. The summed E-state index contributed by atoms with van der Waals surface area (Å²) in [5.74, 6) is 0. The van der Waals surface area contributed by atoms with E-state index in [1.807, 2.05) is 0 Å². The van der Waals surface area contributed by atoms with E-state index >= 15 is 0 Å². The van der Waals surface area contributed by atoms with Crippen LogP contribution in [-0.4, -0.2) is 48.0 Å². The van der Waals surface area contributed by atoms with Crippen molar-refractivity contribution in [3.8, 4) is 0 Å². The van der Waals surface area contributed by atoms with E-state index in [4.69, 9.17) is 4.74 Å². The maximum atomic E-state index is 9.46. The lowest BCUT2D eigenvalue weighted by Crippen LogP contribution is -2.52. The van der Waals surface area contributed by atoms with Crippen LogP contribution in [0.1, 0.15) is 71.1 Å². The van der Waals surface area contributed by atoms with E-state index in [0.717, 1.165) is 25.7 Å². The van der Waals surface area contributed by atoms with Gasteiger partial charge in [-0.05, 0) is 38.5 Å². The monoisotopic (exact) mass is 283 g/mol. The molecule has 1 N–H and O–H groups in total. The lowest BCUT2D eigenvalue weighted by Gasteiger charge is -2.46. The van der Waals surface area contributed by atoms with E-state index in [1.54, 1.807) is 0 Å². The van der Waals surface area contributed by atoms with Crippen molar-refractivity contribution in [3.05, 3.63) is 0 Å². The largest absolute Gasteiger partial charge is 0.396 e. The second-order valence-electron chi connectivity index (χ2n) is 6.54. The third-order valence-electron chi connectivity index (χ3n) is 5.11. The highest BCUT2D eigenvalue weighted by atomic mass is 16.5. The predicted molar refractivity (Wildman–Crippen MR) is 83.0 cm³/mol. The van der Waals surface area contributed by atoms with Gasteiger partial charge < -0.3 is 9.84 Å². The van der Waals surface area contributed by atoms with Crippen molar-refractivity contribution in [1.82, 2.24) is 4.90 Å². The van der Waals surface area contributed by atoms with E-state index in [1.165, 1.54) is 57.8 Å². The Balaban J connectivity index is 2.07. The second kappa shape index (κ2) is 9.01. The normalized spacial score (nSPS) is 24.1. The van der Waals surface area contributed by atoms with Gasteiger partial charge in [0.15, 0.2) is 0 Å². The van der Waals surface area contributed by atoms with Crippen molar-refractivity contribution in [2.75, 3.05) is 19.8 Å². The summed E-state index contributed by atoms with van der Waals surface area (Å²) in [6.45, 7) is 4.45. The van der Waals surface area contributed by atoms with Gasteiger partial charge in [-0.15, -0.1) is 0 Å². The summed E-state index contributed by atoms with van der Waals surface area (Å²) in [4.78, 5) is 2.82. The van der Waals surface area contributed by atoms with Crippen molar-refractivity contribution in [2.45, 2.75) is 89.3 Å². The number of ether oxygens (including phenoxy) is 1. The average molecular weight is 283 g/mol. The molecule has 118 valence electrons. The molecule has 1 saturated carbocycles. The molecule has 0 bridgehead atoms. The van der Waals surface area contributed by atoms with E-state index < -0.39 is 0 Å². The minimum Gasteiger partial charge on any atom is -0.396 e. The molecule has 20 heavy (non-hydrogen) atoms. The van der Waals surface area contributed by atoms with E-state index in [9.17, 15) is 5.11 Å². The Hall–Kier alpha value is -0.120. The molecule has 0 radical (unpaired) electrons. The lowest BCUT2D eigenvalue weighted by atomic mass is 9.89. The Bertz CT molecular complexity index is 223. The zero-order chi connectivity index (χ0) is 14.2. The van der Waals surface area contributed by atoms with E-state index in [2.05, 4.69) is 11.8 Å². The summed E-state index contributed by atoms with van der Waals surface area (Å²) in [6, 6.07) is 2.03. The summed E-state index contributed by atoms with van der Waals surface area (Å²) >= 11 is 0. The highest BCUT2D eigenvalue weighted by Gasteiger charge is 2.33. The molecule has 1 aliphatic carbocycles. The number of nitrogens with zero attached hydrogens (tertiary/aromatic N) is 1. The standard InChI is InChI=1S/C17H33NO2/c1-2-6-15(9-12-19)18(16-7-4-3-5-8-16)17-10-13-20-14-11-17/h15-17,19H,2-14H2,1H3. The van der Waals surface area contributed by atoms with Crippen LogP contribution in [0.2, 0.25) is 0 Å². The van der Waals surface area contributed by atoms with Crippen LogP contribution in [0.15, 0.2) is 0 Å². The van der Waals surface area contributed by atoms with Crippen LogP contribution in [0.4, 0.5) is 0 Å². The minimum atomic E-state index is 0.330. The molecule has 3 heteroatoms. The first-order valence-corrected chi connectivity index (χ1v) is 8.82. The molecule has 1 atom stereocenters. The quantitative estimate of drug-likeness (QED) is 0.778. The van der Waals surface area contributed by atoms with Crippen molar-refractivity contribution in [2.24, 2.45) is 0 Å². The zero-order valence-electron chi connectivity index (χ0n) is 13.2. The van der Waals surface area contributed by atoms with Crippen molar-refractivity contribution in [3.63, 3.8) is 0 Å². The first-order chi connectivity index (χ1) is 9.86. The average Bonchev–Trinajstić information content (AvgIpc) is 2.50. The van der Waals surface area contributed by atoms with Crippen LogP contribution >= 0.6 is 0 Å². The Labute approximate surface area is 124 Å². The lowest BCUT2D eigenvalue weighted by molar-refractivity contribution is -0.0209. The number of rotatable bonds is 7. The summed E-state index contributed by atoms with van der Waals surface area (Å²) in [7, 11) is 0. The second-order valence-corrected chi connectivity index (χ2v) is 6.54. The number of hydrogen-bond acceptors (Lipinski definition) is 3. The first-order valence-electron chi connectivity index (χ1n) is 8.82. The van der Waals surface area contributed by atoms with Gasteiger partial charge in [0, 0.05) is 37.9 Å². The van der Waals surface area contributed by atoms with E-state index in [0.29, 0.717) is 18.7 Å². The van der Waals surface area contributed by atoms with Crippen LogP contribution in [0.25, 0.3) is 0 Å². The van der Waals surface area contributed by atoms with Crippen molar-refractivity contribution >= 4 is 0 Å². The molecule has 2 aliphatic rings. The topological polar surface area (TPSA) is 32.7 Å². The predicted octanol–water partition coefficient (Wildman–Crippen LogP) is 3.35. The number of aliphatic hydroxyl groups excluding tert-OH is 1. The molecular weight excluding hydrogens is 250 g/mol. The van der Waals surface area contributed by atoms with E-state index in [-0.39, 0.29) is 0 Å². The summed E-state index contributed by atoms with van der Waals surface area (Å²) in [5.41, 5.74) is 0. The highest BCUT2D eigenvalue weighted by molar-refractivity contribution is 4.88. The Kier molecular flexibility index (Phi) is 7.32. The minimum absolute atomic E-state index is 0.330. The highest BCUT2D eigenvalue weighted by Crippen LogP contribution is 2.31. The third kappa shape index (κ3) is 4.44. The van der Waals surface area contributed by atoms with Crippen LogP contribution in [0.5, 0.6) is 0 Å². The molecule has 0 aromatic carbocycles. The third-order valence-corrected chi connectivity index (χ3v) is 5.11. The molecule has 2 fully saturated rings. The summed E-state index contributed by atoms with van der Waals surface area (Å²) in [5, 5.41) is 9.46. The Morgan fingerprint density at radius 3 is 2.25 bits per heavy atom. The number of hydrogen-bond donors (Lipinski definition) is 1. The maximum Gasteiger partial charge on any atom is 0.0480 e. The molecular formula is C17H33NO2. The van der Waals surface area contributed by atoms with Crippen molar-refractivity contribution in [1.29, 1.82) is 0 Å². The summed E-state index contributed by atoms with van der Waals surface area (Å²) < 4.78 is 5.56. The first kappa shape index (κ1) is 16.3. The van der Waals surface area contributed by atoms with Gasteiger partial charge >= 0.3 is 0 Å². The summed E-state index contributed by atoms with van der Waals surface area (Å²) in [6.07, 6.45) is 12.7. The van der Waals surface area contributed by atoms with Crippen LogP contribution < -0.4 is 0 Å². The fourth-order valence-electron chi connectivity index (χ4n) is 4.18. The molecule has 0 aromatic heterocycles. The van der Waals surface area contributed by atoms with Gasteiger partial charge in [0.2, 0.25) is 0 Å². The molecule has 1 aliphatic heterocycles. The van der Waals surface area contributed by atoms with Gasteiger partial charge in [-0.2, -0.15) is 0 Å². The van der Waals surface area contributed by atoms with Crippen molar-refractivity contribution < 1.29 is 9.84 Å². The molecule has 1 heterocycles. The SMILES string of the molecule is CCCC(CCO)N(C1CCCCC1)C1CCOCC1. The van der Waals surface area contributed by atoms with Gasteiger partial charge in [-0.3, -0.25) is 4.90 Å². The molecule has 0 spiro atoms. The zero-order valence-corrected chi connectivity index (χ0v) is 13.2. The van der Waals surface area contributed by atoms with Gasteiger partial charge in [-0.25, -0.2) is 0 Å². The fraction of sp³-hybridized carbons (Fsp3) is 1.00. The Morgan fingerprint density at radius 1 is 1.00 bits per heavy atom. The molecule has 0 amide bonds. The van der Waals surface area contributed by atoms with Gasteiger partial charge in [-0.1, -0.05) is 32.6 Å². The number of aliphatic hydroxyl groups is 1. The van der Waals surface area contributed by atoms with Crippen LogP contribution in [0.3, 0.4) is 0 Å². The van der Waals surface area contributed by atoms with Gasteiger partial charge in [0.1, 0.15) is 0 Å². The smallest absolute Gasteiger partial charge is 0.0480 e.